The Balaban J connectivity index is 2.26. The van der Waals surface area contributed by atoms with Crippen molar-refractivity contribution in [3.05, 3.63) is 38.5 Å². The van der Waals surface area contributed by atoms with Crippen molar-refractivity contribution in [1.82, 2.24) is 9.55 Å². The molecule has 1 N–H and O–H groups in total. The van der Waals surface area contributed by atoms with Crippen LogP contribution in [-0.4, -0.2) is 9.55 Å². The molecule has 2 nitrogen and oxygen atoms in total. The number of aromatic nitrogens is 2. The Bertz CT molecular complexity index is 575. The summed E-state index contributed by atoms with van der Waals surface area (Å²) in [6, 6.07) is 4.81. The molecule has 2 rings (SSSR count). The number of thiophene rings is 1. The Morgan fingerprint density at radius 2 is 2.06 bits per heavy atom. The second-order valence-corrected chi connectivity index (χ2v) is 6.87. The van der Waals surface area contributed by atoms with E-state index in [0.29, 0.717) is 12.0 Å². The van der Waals surface area contributed by atoms with Crippen molar-refractivity contribution in [1.29, 1.82) is 0 Å². The molecule has 0 aliphatic carbocycles. The van der Waals surface area contributed by atoms with E-state index in [4.69, 9.17) is 12.2 Å². The van der Waals surface area contributed by atoms with E-state index in [9.17, 15) is 0 Å². The van der Waals surface area contributed by atoms with Crippen molar-refractivity contribution in [2.75, 3.05) is 0 Å². The zero-order valence-electron chi connectivity index (χ0n) is 11.4. The first kappa shape index (κ1) is 13.6. The highest BCUT2D eigenvalue weighted by Gasteiger charge is 2.14. The zero-order chi connectivity index (χ0) is 13.3. The predicted octanol–water partition coefficient (Wildman–Crippen LogP) is 4.84. The normalized spacial score (nSPS) is 13.2. The minimum atomic E-state index is 0.402. The molecule has 0 fully saturated rings. The summed E-state index contributed by atoms with van der Waals surface area (Å²) in [5.74, 6) is 0.491. The summed E-state index contributed by atoms with van der Waals surface area (Å²) >= 11 is 7.28. The van der Waals surface area contributed by atoms with E-state index in [1.165, 1.54) is 15.4 Å². The van der Waals surface area contributed by atoms with Gasteiger partial charge in [0, 0.05) is 34.1 Å². The summed E-state index contributed by atoms with van der Waals surface area (Å²) < 4.78 is 3.09. The van der Waals surface area contributed by atoms with Crippen LogP contribution in [0.15, 0.2) is 18.3 Å². The quantitative estimate of drug-likeness (QED) is 0.795. The topological polar surface area (TPSA) is 20.7 Å². The number of nitrogens with zero attached hydrogens (tertiary/aromatic N) is 1. The molecule has 2 aromatic rings. The van der Waals surface area contributed by atoms with Crippen LogP contribution < -0.4 is 0 Å². The maximum absolute atomic E-state index is 5.40. The fourth-order valence-corrected chi connectivity index (χ4v) is 3.62. The number of aromatic amines is 1. The lowest BCUT2D eigenvalue weighted by Crippen LogP contribution is -2.12. The number of nitrogens with one attached hydrogen (secondary N) is 1. The molecule has 0 spiro atoms. The summed E-state index contributed by atoms with van der Waals surface area (Å²) in [6.45, 7) is 8.80. The lowest BCUT2D eigenvalue weighted by Gasteiger charge is -2.18. The van der Waals surface area contributed by atoms with Gasteiger partial charge in [-0.1, -0.05) is 13.8 Å². The largest absolute Gasteiger partial charge is 0.337 e. The standard InChI is InChI=1S/C14H20N2S2/c1-9(2)13-8-15-14(17)16(13)10(3)7-12-6-5-11(4)18-12/h5-6,8-10H,7H2,1-4H3,(H,15,17). The van der Waals surface area contributed by atoms with Crippen LogP contribution in [0.25, 0.3) is 0 Å². The molecule has 0 saturated heterocycles. The number of hydrogen-bond acceptors (Lipinski definition) is 2. The molecule has 0 aromatic carbocycles. The van der Waals surface area contributed by atoms with Gasteiger partial charge in [-0.3, -0.25) is 0 Å². The van der Waals surface area contributed by atoms with Gasteiger partial charge < -0.3 is 9.55 Å². The van der Waals surface area contributed by atoms with Crippen LogP contribution in [0.4, 0.5) is 0 Å². The molecule has 1 atom stereocenters. The Morgan fingerprint density at radius 3 is 2.61 bits per heavy atom. The molecule has 0 aliphatic rings. The molecule has 18 heavy (non-hydrogen) atoms. The van der Waals surface area contributed by atoms with Crippen LogP contribution in [0.2, 0.25) is 0 Å². The maximum Gasteiger partial charge on any atom is 0.177 e. The molecule has 0 aliphatic heterocycles. The van der Waals surface area contributed by atoms with E-state index in [1.54, 1.807) is 0 Å². The summed E-state index contributed by atoms with van der Waals surface area (Å²) in [7, 11) is 0. The molecular formula is C14H20N2S2. The fourth-order valence-electron chi connectivity index (χ4n) is 2.27. The highest BCUT2D eigenvalue weighted by molar-refractivity contribution is 7.71. The fraction of sp³-hybridized carbons (Fsp3) is 0.500. The summed E-state index contributed by atoms with van der Waals surface area (Å²) in [5, 5.41) is 0. The number of H-pyrrole nitrogens is 1. The Labute approximate surface area is 118 Å². The average molecular weight is 280 g/mol. The van der Waals surface area contributed by atoms with Crippen LogP contribution in [0, 0.1) is 11.7 Å². The highest BCUT2D eigenvalue weighted by atomic mass is 32.1. The van der Waals surface area contributed by atoms with Crippen molar-refractivity contribution < 1.29 is 0 Å². The number of imidazole rings is 1. The van der Waals surface area contributed by atoms with Gasteiger partial charge in [0.1, 0.15) is 0 Å². The van der Waals surface area contributed by atoms with Gasteiger partial charge in [-0.2, -0.15) is 0 Å². The molecule has 4 heteroatoms. The summed E-state index contributed by atoms with van der Waals surface area (Å²) in [6.07, 6.45) is 3.09. The van der Waals surface area contributed by atoms with Gasteiger partial charge in [0.2, 0.25) is 0 Å². The highest BCUT2D eigenvalue weighted by Crippen LogP contribution is 2.25. The van der Waals surface area contributed by atoms with Gasteiger partial charge in [-0.25, -0.2) is 0 Å². The minimum Gasteiger partial charge on any atom is -0.337 e. The van der Waals surface area contributed by atoms with Crippen LogP contribution in [0.1, 0.15) is 48.2 Å². The van der Waals surface area contributed by atoms with Crippen molar-refractivity contribution in [2.45, 2.75) is 46.1 Å². The molecular weight excluding hydrogens is 260 g/mol. The second-order valence-electron chi connectivity index (χ2n) is 5.11. The van der Waals surface area contributed by atoms with Crippen LogP contribution in [0.3, 0.4) is 0 Å². The van der Waals surface area contributed by atoms with Crippen molar-refractivity contribution >= 4 is 23.6 Å². The van der Waals surface area contributed by atoms with Gasteiger partial charge in [-0.15, -0.1) is 11.3 Å². The first-order valence-electron chi connectivity index (χ1n) is 6.34. The smallest absolute Gasteiger partial charge is 0.177 e. The molecule has 0 saturated carbocycles. The van der Waals surface area contributed by atoms with Crippen molar-refractivity contribution in [3.63, 3.8) is 0 Å². The van der Waals surface area contributed by atoms with E-state index >= 15 is 0 Å². The van der Waals surface area contributed by atoms with E-state index in [1.807, 2.05) is 17.5 Å². The third-order valence-corrected chi connectivity index (χ3v) is 4.50. The first-order valence-corrected chi connectivity index (χ1v) is 7.56. The number of rotatable bonds is 4. The number of hydrogen-bond donors (Lipinski definition) is 1. The Morgan fingerprint density at radius 1 is 1.33 bits per heavy atom. The molecule has 0 radical (unpaired) electrons. The molecule has 2 heterocycles. The third-order valence-electron chi connectivity index (χ3n) is 3.17. The van der Waals surface area contributed by atoms with E-state index in [0.717, 1.165) is 11.2 Å². The van der Waals surface area contributed by atoms with Crippen LogP contribution in [-0.2, 0) is 6.42 Å². The molecule has 1 unspecified atom stereocenters. The van der Waals surface area contributed by atoms with Crippen LogP contribution >= 0.6 is 23.6 Å². The Hall–Kier alpha value is -0.870. The predicted molar refractivity (Wildman–Crippen MR) is 81.2 cm³/mol. The van der Waals surface area contributed by atoms with Crippen molar-refractivity contribution in [2.24, 2.45) is 0 Å². The third kappa shape index (κ3) is 2.75. The Kier molecular flexibility index (Phi) is 4.07. The van der Waals surface area contributed by atoms with E-state index in [2.05, 4.69) is 49.4 Å². The maximum atomic E-state index is 5.40. The van der Waals surface area contributed by atoms with Gasteiger partial charge in [0.25, 0.3) is 0 Å². The van der Waals surface area contributed by atoms with Crippen molar-refractivity contribution in [3.8, 4) is 0 Å². The monoisotopic (exact) mass is 280 g/mol. The number of aryl methyl sites for hydroxylation is 1. The van der Waals surface area contributed by atoms with Gasteiger partial charge in [0.15, 0.2) is 4.77 Å². The summed E-state index contributed by atoms with van der Waals surface area (Å²) in [4.78, 5) is 5.97. The lowest BCUT2D eigenvalue weighted by molar-refractivity contribution is 0.511. The van der Waals surface area contributed by atoms with E-state index < -0.39 is 0 Å². The first-order chi connectivity index (χ1) is 8.49. The lowest BCUT2D eigenvalue weighted by atomic mass is 10.1. The molecule has 0 amide bonds. The van der Waals surface area contributed by atoms with E-state index in [-0.39, 0.29) is 0 Å². The molecule has 2 aromatic heterocycles. The molecule has 0 bridgehead atoms. The molecule has 98 valence electrons. The average Bonchev–Trinajstić information content (AvgIpc) is 2.85. The van der Waals surface area contributed by atoms with Gasteiger partial charge in [0.05, 0.1) is 0 Å². The second kappa shape index (κ2) is 5.41. The summed E-state index contributed by atoms with van der Waals surface area (Å²) in [5.41, 5.74) is 1.29. The zero-order valence-corrected chi connectivity index (χ0v) is 13.0. The minimum absolute atomic E-state index is 0.402. The van der Waals surface area contributed by atoms with Gasteiger partial charge >= 0.3 is 0 Å². The van der Waals surface area contributed by atoms with Crippen LogP contribution in [0.5, 0.6) is 0 Å². The SMILES string of the molecule is Cc1ccc(CC(C)n2c(C(C)C)c[nH]c2=S)s1. The van der Waals surface area contributed by atoms with Gasteiger partial charge in [-0.05, 0) is 44.1 Å².